The molecule has 21 heavy (non-hydrogen) atoms. The zero-order valence-corrected chi connectivity index (χ0v) is 12.8. The molecule has 0 saturated heterocycles. The normalized spacial score (nSPS) is 11.7. The third-order valence-corrected chi connectivity index (χ3v) is 3.65. The van der Waals surface area contributed by atoms with Gasteiger partial charge in [0.15, 0.2) is 0 Å². The maximum Gasteiger partial charge on any atom is 0.255 e. The fourth-order valence-corrected chi connectivity index (χ4v) is 2.63. The number of nitrogens with one attached hydrogen (secondary N) is 1. The molecule has 0 aliphatic carbocycles. The summed E-state index contributed by atoms with van der Waals surface area (Å²) in [6, 6.07) is 14.4. The second-order valence-electron chi connectivity index (χ2n) is 4.57. The zero-order chi connectivity index (χ0) is 15.2. The van der Waals surface area contributed by atoms with Gasteiger partial charge in [0.1, 0.15) is 5.75 Å². The summed E-state index contributed by atoms with van der Waals surface area (Å²) in [5.41, 5.74) is 2.03. The SMILES string of the molecule is COc1ccccc1NC(=O)c1cccc(CS(C)=O)c1. The van der Waals surface area contributed by atoms with Gasteiger partial charge in [0.2, 0.25) is 0 Å². The fraction of sp³-hybridized carbons (Fsp3) is 0.188. The molecule has 1 amide bonds. The Labute approximate surface area is 126 Å². The fourth-order valence-electron chi connectivity index (χ4n) is 1.98. The minimum Gasteiger partial charge on any atom is -0.495 e. The van der Waals surface area contributed by atoms with Crippen LogP contribution in [0.25, 0.3) is 0 Å². The van der Waals surface area contributed by atoms with Crippen LogP contribution in [0.1, 0.15) is 15.9 Å². The predicted octanol–water partition coefficient (Wildman–Crippen LogP) is 2.83. The Balaban J connectivity index is 2.18. The summed E-state index contributed by atoms with van der Waals surface area (Å²) in [6.07, 6.45) is 1.64. The van der Waals surface area contributed by atoms with Gasteiger partial charge in [-0.3, -0.25) is 9.00 Å². The van der Waals surface area contributed by atoms with Gasteiger partial charge in [-0.15, -0.1) is 0 Å². The number of hydrogen-bond acceptors (Lipinski definition) is 3. The Bertz CT molecular complexity index is 670. The molecular weight excluding hydrogens is 286 g/mol. The number of rotatable bonds is 5. The average Bonchev–Trinajstić information content (AvgIpc) is 2.47. The van der Waals surface area contributed by atoms with Crippen molar-refractivity contribution >= 4 is 22.4 Å². The minimum absolute atomic E-state index is 0.219. The van der Waals surface area contributed by atoms with Crippen LogP contribution in [0.2, 0.25) is 0 Å². The van der Waals surface area contributed by atoms with Gasteiger partial charge >= 0.3 is 0 Å². The highest BCUT2D eigenvalue weighted by molar-refractivity contribution is 7.83. The molecule has 0 fully saturated rings. The van der Waals surface area contributed by atoms with Gasteiger partial charge in [0.25, 0.3) is 5.91 Å². The number of benzene rings is 2. The van der Waals surface area contributed by atoms with Gasteiger partial charge in [-0.1, -0.05) is 24.3 Å². The highest BCUT2D eigenvalue weighted by Gasteiger charge is 2.10. The van der Waals surface area contributed by atoms with Crippen molar-refractivity contribution in [1.82, 2.24) is 0 Å². The van der Waals surface area contributed by atoms with Gasteiger partial charge in [-0.05, 0) is 29.8 Å². The second kappa shape index (κ2) is 7.04. The number of methoxy groups -OCH3 is 1. The van der Waals surface area contributed by atoms with Crippen molar-refractivity contribution < 1.29 is 13.7 Å². The summed E-state index contributed by atoms with van der Waals surface area (Å²) in [7, 11) is 0.625. The van der Waals surface area contributed by atoms with Gasteiger partial charge in [-0.25, -0.2) is 0 Å². The molecule has 1 atom stereocenters. The lowest BCUT2D eigenvalue weighted by molar-refractivity contribution is 0.102. The molecule has 1 N–H and O–H groups in total. The smallest absolute Gasteiger partial charge is 0.255 e. The Morgan fingerprint density at radius 3 is 2.67 bits per heavy atom. The molecule has 0 aliphatic rings. The van der Waals surface area contributed by atoms with E-state index in [0.29, 0.717) is 22.8 Å². The first kappa shape index (κ1) is 15.3. The Kier molecular flexibility index (Phi) is 5.11. The summed E-state index contributed by atoms with van der Waals surface area (Å²) in [6.45, 7) is 0. The van der Waals surface area contributed by atoms with Crippen LogP contribution in [0, 0.1) is 0 Å². The topological polar surface area (TPSA) is 55.4 Å². The Morgan fingerprint density at radius 2 is 1.95 bits per heavy atom. The van der Waals surface area contributed by atoms with E-state index in [0.717, 1.165) is 5.56 Å². The van der Waals surface area contributed by atoms with E-state index >= 15 is 0 Å². The van der Waals surface area contributed by atoms with Crippen molar-refractivity contribution in [3.8, 4) is 5.75 Å². The average molecular weight is 303 g/mol. The summed E-state index contributed by atoms with van der Waals surface area (Å²) < 4.78 is 16.5. The number of hydrogen-bond donors (Lipinski definition) is 1. The molecule has 0 saturated carbocycles. The number of carbonyl (C=O) groups excluding carboxylic acids is 1. The third-order valence-electron chi connectivity index (χ3n) is 2.91. The van der Waals surface area contributed by atoms with Crippen LogP contribution in [0.4, 0.5) is 5.69 Å². The predicted molar refractivity (Wildman–Crippen MR) is 85.2 cm³/mol. The Hall–Kier alpha value is -2.14. The number of amides is 1. The molecular formula is C16H17NO3S. The maximum atomic E-state index is 12.3. The first-order valence-electron chi connectivity index (χ1n) is 6.43. The van der Waals surface area contributed by atoms with Crippen LogP contribution in [-0.4, -0.2) is 23.5 Å². The van der Waals surface area contributed by atoms with E-state index in [1.165, 1.54) is 0 Å². The standard InChI is InChI=1S/C16H17NO3S/c1-20-15-9-4-3-8-14(15)17-16(18)13-7-5-6-12(10-13)11-21(2)19/h3-10H,11H2,1-2H3,(H,17,18). The number of anilines is 1. The third kappa shape index (κ3) is 4.16. The largest absolute Gasteiger partial charge is 0.495 e. The summed E-state index contributed by atoms with van der Waals surface area (Å²) in [5, 5.41) is 2.82. The van der Waals surface area contributed by atoms with E-state index in [1.807, 2.05) is 18.2 Å². The van der Waals surface area contributed by atoms with Gasteiger partial charge in [0, 0.05) is 28.4 Å². The lowest BCUT2D eigenvalue weighted by Gasteiger charge is -2.10. The molecule has 5 heteroatoms. The zero-order valence-electron chi connectivity index (χ0n) is 12.0. The second-order valence-corrected chi connectivity index (χ2v) is 6.01. The molecule has 110 valence electrons. The van der Waals surface area contributed by atoms with Crippen molar-refractivity contribution in [3.63, 3.8) is 0 Å². The quantitative estimate of drug-likeness (QED) is 0.924. The van der Waals surface area contributed by atoms with Crippen molar-refractivity contribution in [1.29, 1.82) is 0 Å². The van der Waals surface area contributed by atoms with Gasteiger partial charge in [-0.2, -0.15) is 0 Å². The van der Waals surface area contributed by atoms with Crippen molar-refractivity contribution in [2.75, 3.05) is 18.7 Å². The van der Waals surface area contributed by atoms with Crippen LogP contribution in [-0.2, 0) is 16.6 Å². The lowest BCUT2D eigenvalue weighted by Crippen LogP contribution is -2.13. The highest BCUT2D eigenvalue weighted by Crippen LogP contribution is 2.23. The van der Waals surface area contributed by atoms with Crippen molar-refractivity contribution in [2.24, 2.45) is 0 Å². The van der Waals surface area contributed by atoms with Crippen molar-refractivity contribution in [2.45, 2.75) is 5.75 Å². The van der Waals surface area contributed by atoms with E-state index < -0.39 is 10.8 Å². The Morgan fingerprint density at radius 1 is 1.19 bits per heavy atom. The molecule has 0 aromatic heterocycles. The van der Waals surface area contributed by atoms with Crippen LogP contribution in [0.15, 0.2) is 48.5 Å². The number of para-hydroxylation sites is 2. The first-order chi connectivity index (χ1) is 10.1. The molecule has 2 aromatic carbocycles. The summed E-state index contributed by atoms with van der Waals surface area (Å²) in [4.78, 5) is 12.3. The van der Waals surface area contributed by atoms with E-state index in [-0.39, 0.29) is 5.91 Å². The molecule has 0 radical (unpaired) electrons. The van der Waals surface area contributed by atoms with Crippen LogP contribution in [0.3, 0.4) is 0 Å². The van der Waals surface area contributed by atoms with E-state index in [9.17, 15) is 9.00 Å². The molecule has 2 rings (SSSR count). The summed E-state index contributed by atoms with van der Waals surface area (Å²) in [5.74, 6) is 0.829. The van der Waals surface area contributed by atoms with Crippen molar-refractivity contribution in [3.05, 3.63) is 59.7 Å². The van der Waals surface area contributed by atoms with E-state index in [1.54, 1.807) is 43.7 Å². The van der Waals surface area contributed by atoms with Crippen LogP contribution < -0.4 is 10.1 Å². The van der Waals surface area contributed by atoms with Crippen LogP contribution in [0.5, 0.6) is 5.75 Å². The molecule has 0 spiro atoms. The van der Waals surface area contributed by atoms with Crippen LogP contribution >= 0.6 is 0 Å². The maximum absolute atomic E-state index is 12.3. The molecule has 0 bridgehead atoms. The first-order valence-corrected chi connectivity index (χ1v) is 8.16. The minimum atomic E-state index is -0.933. The molecule has 1 unspecified atom stereocenters. The number of carbonyl (C=O) groups is 1. The molecule has 2 aromatic rings. The number of ether oxygens (including phenoxy) is 1. The lowest BCUT2D eigenvalue weighted by atomic mass is 10.1. The summed E-state index contributed by atoms with van der Waals surface area (Å²) >= 11 is 0. The molecule has 0 heterocycles. The van der Waals surface area contributed by atoms with E-state index in [2.05, 4.69) is 5.32 Å². The highest BCUT2D eigenvalue weighted by atomic mass is 32.2. The van der Waals surface area contributed by atoms with E-state index in [4.69, 9.17) is 4.74 Å². The van der Waals surface area contributed by atoms with Gasteiger partial charge in [0.05, 0.1) is 12.8 Å². The van der Waals surface area contributed by atoms with Gasteiger partial charge < -0.3 is 10.1 Å². The monoisotopic (exact) mass is 303 g/mol. The molecule has 4 nitrogen and oxygen atoms in total. The molecule has 0 aliphatic heterocycles.